The maximum absolute atomic E-state index is 12.0. The van der Waals surface area contributed by atoms with Crippen molar-refractivity contribution in [1.29, 1.82) is 0 Å². The molecule has 1 aromatic heterocycles. The van der Waals surface area contributed by atoms with E-state index < -0.39 is 0 Å². The zero-order valence-corrected chi connectivity index (χ0v) is 11.6. The quantitative estimate of drug-likeness (QED) is 0.761. The number of imide groups is 1. The summed E-state index contributed by atoms with van der Waals surface area (Å²) < 4.78 is 5.68. The SMILES string of the molecule is O=C(c1ccc(Br)o1)N1CC(N2C(=O)CCC2=O)C1. The molecule has 0 radical (unpaired) electrons. The summed E-state index contributed by atoms with van der Waals surface area (Å²) in [5, 5.41) is 0. The molecule has 3 amide bonds. The zero-order chi connectivity index (χ0) is 13.6. The van der Waals surface area contributed by atoms with Crippen LogP contribution in [0.5, 0.6) is 0 Å². The second-order valence-electron chi connectivity index (χ2n) is 4.63. The van der Waals surface area contributed by atoms with Gasteiger partial charge >= 0.3 is 0 Å². The Bertz CT molecular complexity index is 546. The number of hydrogen-bond donors (Lipinski definition) is 0. The van der Waals surface area contributed by atoms with Crippen molar-refractivity contribution < 1.29 is 18.8 Å². The largest absolute Gasteiger partial charge is 0.444 e. The average molecular weight is 327 g/mol. The number of amides is 3. The van der Waals surface area contributed by atoms with Crippen LogP contribution in [0.1, 0.15) is 23.4 Å². The number of likely N-dealkylation sites (tertiary alicyclic amines) is 2. The van der Waals surface area contributed by atoms with Gasteiger partial charge in [-0.15, -0.1) is 0 Å². The molecule has 3 rings (SSSR count). The highest BCUT2D eigenvalue weighted by molar-refractivity contribution is 9.10. The minimum absolute atomic E-state index is 0.136. The summed E-state index contributed by atoms with van der Waals surface area (Å²) in [6.07, 6.45) is 0.572. The monoisotopic (exact) mass is 326 g/mol. The van der Waals surface area contributed by atoms with Gasteiger partial charge in [0.2, 0.25) is 11.8 Å². The van der Waals surface area contributed by atoms with E-state index in [1.807, 2.05) is 0 Å². The van der Waals surface area contributed by atoms with Crippen LogP contribution in [0.3, 0.4) is 0 Å². The summed E-state index contributed by atoms with van der Waals surface area (Å²) in [6, 6.07) is 3.06. The maximum atomic E-state index is 12.0. The summed E-state index contributed by atoms with van der Waals surface area (Å²) in [5.74, 6) is -0.240. The van der Waals surface area contributed by atoms with Crippen LogP contribution in [0.25, 0.3) is 0 Å². The molecule has 0 saturated carbocycles. The van der Waals surface area contributed by atoms with Crippen molar-refractivity contribution in [3.05, 3.63) is 22.6 Å². The van der Waals surface area contributed by atoms with E-state index in [1.165, 1.54) is 4.90 Å². The first-order valence-electron chi connectivity index (χ1n) is 5.96. The van der Waals surface area contributed by atoms with Gasteiger partial charge < -0.3 is 9.32 Å². The van der Waals surface area contributed by atoms with Crippen LogP contribution in [0, 0.1) is 0 Å². The smallest absolute Gasteiger partial charge is 0.289 e. The molecule has 6 nitrogen and oxygen atoms in total. The van der Waals surface area contributed by atoms with Crippen LogP contribution in [-0.4, -0.2) is 46.7 Å². The molecular weight excluding hydrogens is 316 g/mol. The number of carbonyl (C=O) groups is 3. The van der Waals surface area contributed by atoms with Crippen LogP contribution in [0.15, 0.2) is 21.2 Å². The van der Waals surface area contributed by atoms with Gasteiger partial charge in [0.05, 0.1) is 6.04 Å². The highest BCUT2D eigenvalue weighted by Crippen LogP contribution is 2.24. The molecule has 2 saturated heterocycles. The van der Waals surface area contributed by atoms with Gasteiger partial charge in [0.25, 0.3) is 5.91 Å². The van der Waals surface area contributed by atoms with Crippen LogP contribution >= 0.6 is 15.9 Å². The lowest BCUT2D eigenvalue weighted by atomic mass is 10.1. The number of rotatable bonds is 2. The van der Waals surface area contributed by atoms with E-state index in [9.17, 15) is 14.4 Å². The third kappa shape index (κ3) is 2.07. The molecule has 7 heteroatoms. The Morgan fingerprint density at radius 3 is 2.37 bits per heavy atom. The van der Waals surface area contributed by atoms with Gasteiger partial charge in [-0.05, 0) is 28.1 Å². The fraction of sp³-hybridized carbons (Fsp3) is 0.417. The fourth-order valence-electron chi connectivity index (χ4n) is 2.37. The molecular formula is C12H11BrN2O4. The van der Waals surface area contributed by atoms with Crippen LogP contribution in [0.2, 0.25) is 0 Å². The minimum Gasteiger partial charge on any atom is -0.444 e. The van der Waals surface area contributed by atoms with Crippen LogP contribution in [-0.2, 0) is 9.59 Å². The van der Waals surface area contributed by atoms with Crippen molar-refractivity contribution in [1.82, 2.24) is 9.80 Å². The summed E-state index contributed by atoms with van der Waals surface area (Å²) in [6.45, 7) is 0.767. The van der Waals surface area contributed by atoms with Crippen molar-refractivity contribution in [2.45, 2.75) is 18.9 Å². The first-order valence-corrected chi connectivity index (χ1v) is 6.75. The van der Waals surface area contributed by atoms with Gasteiger partial charge in [-0.25, -0.2) is 0 Å². The topological polar surface area (TPSA) is 70.8 Å². The Morgan fingerprint density at radius 1 is 1.21 bits per heavy atom. The molecule has 0 aromatic carbocycles. The Labute approximate surface area is 117 Å². The summed E-state index contributed by atoms with van der Waals surface area (Å²) >= 11 is 3.14. The molecule has 0 atom stereocenters. The Balaban J connectivity index is 1.62. The lowest BCUT2D eigenvalue weighted by molar-refractivity contribution is -0.144. The Morgan fingerprint density at radius 2 is 1.84 bits per heavy atom. The van der Waals surface area contributed by atoms with Crippen LogP contribution in [0.4, 0.5) is 0 Å². The molecule has 2 fully saturated rings. The number of carbonyl (C=O) groups excluding carboxylic acids is 3. The van der Waals surface area contributed by atoms with Crippen molar-refractivity contribution in [2.75, 3.05) is 13.1 Å². The molecule has 19 heavy (non-hydrogen) atoms. The second kappa shape index (κ2) is 4.48. The summed E-state index contributed by atoms with van der Waals surface area (Å²) in [5.41, 5.74) is 0. The minimum atomic E-state index is -0.221. The van der Waals surface area contributed by atoms with Gasteiger partial charge in [-0.2, -0.15) is 0 Å². The predicted octanol–water partition coefficient (Wildman–Crippen LogP) is 1.02. The fourth-order valence-corrected chi connectivity index (χ4v) is 2.68. The standard InChI is InChI=1S/C12H11BrN2O4/c13-9-2-1-8(19-9)12(18)14-5-7(6-14)15-10(16)3-4-11(15)17/h1-2,7H,3-6H2. The van der Waals surface area contributed by atoms with Gasteiger partial charge in [0.15, 0.2) is 10.4 Å². The van der Waals surface area contributed by atoms with E-state index in [1.54, 1.807) is 17.0 Å². The molecule has 0 N–H and O–H groups in total. The molecule has 1 aromatic rings. The van der Waals surface area contributed by atoms with Crippen molar-refractivity contribution in [2.24, 2.45) is 0 Å². The third-order valence-electron chi connectivity index (χ3n) is 3.39. The molecule has 0 bridgehead atoms. The molecule has 2 aliphatic rings. The van der Waals surface area contributed by atoms with Gasteiger partial charge in [0, 0.05) is 25.9 Å². The summed E-state index contributed by atoms with van der Waals surface area (Å²) in [4.78, 5) is 37.9. The van der Waals surface area contributed by atoms with Gasteiger partial charge in [-0.1, -0.05) is 0 Å². The van der Waals surface area contributed by atoms with E-state index in [2.05, 4.69) is 15.9 Å². The van der Waals surface area contributed by atoms with E-state index in [0.29, 0.717) is 17.8 Å². The summed E-state index contributed by atoms with van der Waals surface area (Å²) in [7, 11) is 0. The zero-order valence-electron chi connectivity index (χ0n) is 9.97. The molecule has 3 heterocycles. The van der Waals surface area contributed by atoms with E-state index in [-0.39, 0.29) is 42.4 Å². The lowest BCUT2D eigenvalue weighted by Crippen LogP contribution is -2.62. The van der Waals surface area contributed by atoms with E-state index in [0.717, 1.165) is 0 Å². The van der Waals surface area contributed by atoms with Gasteiger partial charge in [-0.3, -0.25) is 19.3 Å². The Kier molecular flexibility index (Phi) is 2.93. The maximum Gasteiger partial charge on any atom is 0.289 e. The highest BCUT2D eigenvalue weighted by Gasteiger charge is 2.43. The molecule has 0 aliphatic carbocycles. The third-order valence-corrected chi connectivity index (χ3v) is 3.81. The van der Waals surface area contributed by atoms with Crippen molar-refractivity contribution in [3.8, 4) is 0 Å². The van der Waals surface area contributed by atoms with Crippen molar-refractivity contribution in [3.63, 3.8) is 0 Å². The van der Waals surface area contributed by atoms with E-state index >= 15 is 0 Å². The number of halogens is 1. The lowest BCUT2D eigenvalue weighted by Gasteiger charge is -2.42. The second-order valence-corrected chi connectivity index (χ2v) is 5.41. The predicted molar refractivity (Wildman–Crippen MR) is 67.2 cm³/mol. The average Bonchev–Trinajstić information content (AvgIpc) is 2.87. The van der Waals surface area contributed by atoms with Crippen molar-refractivity contribution >= 4 is 33.7 Å². The van der Waals surface area contributed by atoms with E-state index in [4.69, 9.17) is 4.42 Å². The highest BCUT2D eigenvalue weighted by atomic mass is 79.9. The van der Waals surface area contributed by atoms with Gasteiger partial charge in [0.1, 0.15) is 0 Å². The molecule has 100 valence electrons. The molecule has 2 aliphatic heterocycles. The molecule has 0 unspecified atom stereocenters. The number of furan rings is 1. The Hall–Kier alpha value is -1.63. The number of nitrogens with zero attached hydrogens (tertiary/aromatic N) is 2. The first-order chi connectivity index (χ1) is 9.06. The number of hydrogen-bond acceptors (Lipinski definition) is 4. The van der Waals surface area contributed by atoms with Crippen LogP contribution < -0.4 is 0 Å². The normalized spacial score (nSPS) is 20.1. The first kappa shape index (κ1) is 12.4. The molecule has 0 spiro atoms.